The van der Waals surface area contributed by atoms with E-state index in [0.717, 1.165) is 23.1 Å². The summed E-state index contributed by atoms with van der Waals surface area (Å²) in [5, 5.41) is 0. The average molecular weight is 274 g/mol. The molecule has 0 aliphatic rings. The molecule has 1 aromatic heterocycles. The van der Waals surface area contributed by atoms with Gasteiger partial charge in [-0.15, -0.1) is 0 Å². The van der Waals surface area contributed by atoms with Gasteiger partial charge in [-0.05, 0) is 62.6 Å². The number of pyridine rings is 1. The Bertz CT molecular complexity index is 611. The van der Waals surface area contributed by atoms with E-state index in [1.165, 1.54) is 12.1 Å². The molecule has 0 fully saturated rings. The van der Waals surface area contributed by atoms with Crippen LogP contribution < -0.4 is 10.5 Å². The Kier molecular flexibility index (Phi) is 4.35. The summed E-state index contributed by atoms with van der Waals surface area (Å²) in [5.74, 6) is 0.877. The summed E-state index contributed by atoms with van der Waals surface area (Å²) in [6.07, 6.45) is 2.55. The highest BCUT2D eigenvalue weighted by molar-refractivity contribution is 5.38. The van der Waals surface area contributed by atoms with Crippen molar-refractivity contribution in [3.63, 3.8) is 0 Å². The van der Waals surface area contributed by atoms with Gasteiger partial charge < -0.3 is 10.5 Å². The molecular weight excluding hydrogens is 255 g/mol. The summed E-state index contributed by atoms with van der Waals surface area (Å²) in [4.78, 5) is 4.32. The minimum absolute atomic E-state index is 0.0994. The fraction of sp³-hybridized carbons (Fsp3) is 0.312. The molecule has 0 bridgehead atoms. The van der Waals surface area contributed by atoms with E-state index >= 15 is 0 Å². The first-order valence-corrected chi connectivity index (χ1v) is 6.61. The Morgan fingerprint density at radius 3 is 2.60 bits per heavy atom. The molecule has 1 unspecified atom stereocenters. The van der Waals surface area contributed by atoms with Crippen molar-refractivity contribution in [2.75, 3.05) is 0 Å². The normalized spacial score (nSPS) is 12.2. The van der Waals surface area contributed by atoms with E-state index < -0.39 is 0 Å². The second kappa shape index (κ2) is 6.01. The molecule has 3 nitrogen and oxygen atoms in total. The van der Waals surface area contributed by atoms with E-state index in [0.29, 0.717) is 11.6 Å². The van der Waals surface area contributed by atoms with Gasteiger partial charge in [-0.3, -0.25) is 0 Å². The van der Waals surface area contributed by atoms with Crippen molar-refractivity contribution in [2.45, 2.75) is 33.2 Å². The largest absolute Gasteiger partial charge is 0.438 e. The maximum absolute atomic E-state index is 13.1. The van der Waals surface area contributed by atoms with Crippen LogP contribution in [0.2, 0.25) is 0 Å². The van der Waals surface area contributed by atoms with Crippen molar-refractivity contribution in [1.82, 2.24) is 4.98 Å². The highest BCUT2D eigenvalue weighted by Gasteiger charge is 2.08. The summed E-state index contributed by atoms with van der Waals surface area (Å²) in [6, 6.07) is 6.55. The third-order valence-corrected chi connectivity index (χ3v) is 2.99. The molecule has 2 rings (SSSR count). The van der Waals surface area contributed by atoms with Crippen molar-refractivity contribution in [1.29, 1.82) is 0 Å². The number of nitrogens with zero attached hydrogens (tertiary/aromatic N) is 1. The molecule has 0 amide bonds. The van der Waals surface area contributed by atoms with Crippen LogP contribution in [-0.2, 0) is 6.42 Å². The smallest absolute Gasteiger partial charge is 0.222 e. The number of benzene rings is 1. The summed E-state index contributed by atoms with van der Waals surface area (Å²) >= 11 is 0. The molecule has 1 aromatic carbocycles. The van der Waals surface area contributed by atoms with Crippen molar-refractivity contribution in [2.24, 2.45) is 5.73 Å². The van der Waals surface area contributed by atoms with E-state index in [1.54, 1.807) is 19.2 Å². The van der Waals surface area contributed by atoms with Crippen molar-refractivity contribution in [3.05, 3.63) is 53.0 Å². The van der Waals surface area contributed by atoms with Gasteiger partial charge in [0.25, 0.3) is 0 Å². The average Bonchev–Trinajstić information content (AvgIpc) is 2.34. The van der Waals surface area contributed by atoms with Crippen molar-refractivity contribution < 1.29 is 9.13 Å². The van der Waals surface area contributed by atoms with E-state index in [4.69, 9.17) is 10.5 Å². The maximum Gasteiger partial charge on any atom is 0.222 e. The van der Waals surface area contributed by atoms with Gasteiger partial charge >= 0.3 is 0 Å². The zero-order valence-corrected chi connectivity index (χ0v) is 12.0. The van der Waals surface area contributed by atoms with Gasteiger partial charge in [-0.2, -0.15) is 0 Å². The zero-order chi connectivity index (χ0) is 14.7. The lowest BCUT2D eigenvalue weighted by molar-refractivity contribution is 0.453. The number of nitrogens with two attached hydrogens (primary N) is 1. The molecule has 0 saturated heterocycles. The Hall–Kier alpha value is -1.94. The van der Waals surface area contributed by atoms with Crippen LogP contribution >= 0.6 is 0 Å². The number of rotatable bonds is 4. The molecule has 20 heavy (non-hydrogen) atoms. The monoisotopic (exact) mass is 274 g/mol. The Morgan fingerprint density at radius 2 is 2.00 bits per heavy atom. The van der Waals surface area contributed by atoms with Gasteiger partial charge in [0.15, 0.2) is 0 Å². The highest BCUT2D eigenvalue weighted by atomic mass is 19.1. The molecule has 0 radical (unpaired) electrons. The maximum atomic E-state index is 13.1. The summed E-state index contributed by atoms with van der Waals surface area (Å²) in [5.41, 5.74) is 8.54. The number of hydrogen-bond acceptors (Lipinski definition) is 3. The van der Waals surface area contributed by atoms with E-state index in [-0.39, 0.29) is 11.9 Å². The van der Waals surface area contributed by atoms with E-state index in [1.807, 2.05) is 19.9 Å². The van der Waals surface area contributed by atoms with Gasteiger partial charge in [0.2, 0.25) is 5.88 Å². The van der Waals surface area contributed by atoms with Gasteiger partial charge in [0, 0.05) is 17.8 Å². The van der Waals surface area contributed by atoms with Gasteiger partial charge in [-0.1, -0.05) is 0 Å². The lowest BCUT2D eigenvalue weighted by Gasteiger charge is -2.12. The molecule has 1 heterocycles. The fourth-order valence-corrected chi connectivity index (χ4v) is 2.04. The molecule has 0 aliphatic carbocycles. The SMILES string of the molecule is Cc1cc(F)ccc1Oc1ncc(CC(C)N)cc1C. The van der Waals surface area contributed by atoms with E-state index in [9.17, 15) is 4.39 Å². The lowest BCUT2D eigenvalue weighted by atomic mass is 10.1. The molecule has 106 valence electrons. The van der Waals surface area contributed by atoms with Crippen LogP contribution in [0.1, 0.15) is 23.6 Å². The van der Waals surface area contributed by atoms with E-state index in [2.05, 4.69) is 4.98 Å². The van der Waals surface area contributed by atoms with Crippen molar-refractivity contribution in [3.8, 4) is 11.6 Å². The van der Waals surface area contributed by atoms with Crippen LogP contribution in [0.25, 0.3) is 0 Å². The number of hydrogen-bond donors (Lipinski definition) is 1. The molecule has 1 atom stereocenters. The second-order valence-electron chi connectivity index (χ2n) is 5.16. The Balaban J connectivity index is 2.21. The van der Waals surface area contributed by atoms with Gasteiger partial charge in [0.1, 0.15) is 11.6 Å². The molecule has 2 aromatic rings. The van der Waals surface area contributed by atoms with Gasteiger partial charge in [0.05, 0.1) is 0 Å². The molecule has 0 aliphatic heterocycles. The number of ether oxygens (including phenoxy) is 1. The molecule has 0 saturated carbocycles. The van der Waals surface area contributed by atoms with Crippen LogP contribution in [0.15, 0.2) is 30.5 Å². The third kappa shape index (κ3) is 3.54. The standard InChI is InChI=1S/C16H19FN2O/c1-10-7-14(17)4-5-15(10)20-16-11(2)6-13(9-19-16)8-12(3)18/h4-7,9,12H,8,18H2,1-3H3. The van der Waals surface area contributed by atoms with Crippen LogP contribution in [0.5, 0.6) is 11.6 Å². The number of halogens is 1. The molecule has 2 N–H and O–H groups in total. The summed E-state index contributed by atoms with van der Waals surface area (Å²) in [7, 11) is 0. The zero-order valence-electron chi connectivity index (χ0n) is 12.0. The predicted octanol–water partition coefficient (Wildman–Crippen LogP) is 3.52. The quantitative estimate of drug-likeness (QED) is 0.928. The third-order valence-electron chi connectivity index (χ3n) is 2.99. The minimum Gasteiger partial charge on any atom is -0.438 e. The topological polar surface area (TPSA) is 48.1 Å². The van der Waals surface area contributed by atoms with Crippen LogP contribution in [0, 0.1) is 19.7 Å². The molecular formula is C16H19FN2O. The predicted molar refractivity (Wildman–Crippen MR) is 77.5 cm³/mol. The highest BCUT2D eigenvalue weighted by Crippen LogP contribution is 2.26. The first-order valence-electron chi connectivity index (χ1n) is 6.61. The van der Waals surface area contributed by atoms with Crippen LogP contribution in [0.3, 0.4) is 0 Å². The van der Waals surface area contributed by atoms with Crippen molar-refractivity contribution >= 4 is 0 Å². The minimum atomic E-state index is -0.271. The Morgan fingerprint density at radius 1 is 1.25 bits per heavy atom. The number of aromatic nitrogens is 1. The molecule has 0 spiro atoms. The van der Waals surface area contributed by atoms with Crippen LogP contribution in [-0.4, -0.2) is 11.0 Å². The second-order valence-corrected chi connectivity index (χ2v) is 5.16. The first-order chi connectivity index (χ1) is 9.45. The fourth-order valence-electron chi connectivity index (χ4n) is 2.04. The number of aryl methyl sites for hydroxylation is 2. The lowest BCUT2D eigenvalue weighted by Crippen LogP contribution is -2.17. The summed E-state index contributed by atoms with van der Waals surface area (Å²) < 4.78 is 18.8. The first kappa shape index (κ1) is 14.5. The molecule has 4 heteroatoms. The summed E-state index contributed by atoms with van der Waals surface area (Å²) in [6.45, 7) is 5.70. The Labute approximate surface area is 118 Å². The van der Waals surface area contributed by atoms with Gasteiger partial charge in [-0.25, -0.2) is 9.37 Å². The van der Waals surface area contributed by atoms with Crippen LogP contribution in [0.4, 0.5) is 4.39 Å².